The van der Waals surface area contributed by atoms with Crippen molar-refractivity contribution in [2.45, 2.75) is 117 Å². The molecule has 0 amide bonds. The number of unbranched alkanes of at least 4 members (excludes halogenated alkanes) is 10. The van der Waals surface area contributed by atoms with Gasteiger partial charge >= 0.3 is 5.97 Å². The second-order valence-corrected chi connectivity index (χ2v) is 11.9. The zero-order valence-electron chi connectivity index (χ0n) is 25.6. The summed E-state index contributed by atoms with van der Waals surface area (Å²) in [6, 6.07) is 18.7. The maximum atomic E-state index is 12.9. The minimum absolute atomic E-state index is 0.164. The Bertz CT molecular complexity index is 894. The van der Waals surface area contributed by atoms with E-state index < -0.39 is 6.29 Å². The predicted octanol–water partition coefficient (Wildman–Crippen LogP) is 9.11. The number of quaternary nitrogens is 1. The molecular weight excluding hydrogens is 482 g/mol. The molecule has 4 nitrogen and oxygen atoms in total. The molecule has 2 aromatic rings. The zero-order valence-corrected chi connectivity index (χ0v) is 25.6. The molecule has 0 radical (unpaired) electrons. The fourth-order valence-electron chi connectivity index (χ4n) is 5.31. The highest BCUT2D eigenvalue weighted by Crippen LogP contribution is 2.20. The average molecular weight is 539 g/mol. The van der Waals surface area contributed by atoms with E-state index in [0.717, 1.165) is 36.2 Å². The lowest BCUT2D eigenvalue weighted by atomic mass is 10.0. The van der Waals surface area contributed by atoms with Gasteiger partial charge in [-0.15, -0.1) is 0 Å². The largest absolute Gasteiger partial charge is 0.455 e. The first kappa shape index (κ1) is 32.9. The van der Waals surface area contributed by atoms with E-state index in [1.165, 1.54) is 81.8 Å². The quantitative estimate of drug-likeness (QED) is 0.0688. The number of nitrogens with zero attached hydrogens (tertiary/aromatic N) is 1. The Morgan fingerprint density at radius 2 is 1.31 bits per heavy atom. The second-order valence-electron chi connectivity index (χ2n) is 11.9. The van der Waals surface area contributed by atoms with Gasteiger partial charge in [0.25, 0.3) is 0 Å². The lowest BCUT2D eigenvalue weighted by Gasteiger charge is -2.33. The van der Waals surface area contributed by atoms with E-state index in [9.17, 15) is 4.79 Å². The van der Waals surface area contributed by atoms with Crippen molar-refractivity contribution in [3.63, 3.8) is 0 Å². The average Bonchev–Trinajstić information content (AvgIpc) is 2.91. The third kappa shape index (κ3) is 14.6. The highest BCUT2D eigenvalue weighted by molar-refractivity contribution is 5.72. The van der Waals surface area contributed by atoms with Crippen molar-refractivity contribution in [2.24, 2.45) is 5.92 Å². The summed E-state index contributed by atoms with van der Waals surface area (Å²) in [5, 5.41) is 0. The van der Waals surface area contributed by atoms with Crippen molar-refractivity contribution >= 4 is 5.97 Å². The maximum absolute atomic E-state index is 12.9. The SMILES string of the molecule is CCCCCCCCCCCCCc1ccc(OC(C)OC(=O)C(CC)C[N+](C)(C)Cc2ccccc2)cc1. The van der Waals surface area contributed by atoms with Gasteiger partial charge in [0.05, 0.1) is 20.6 Å². The highest BCUT2D eigenvalue weighted by Gasteiger charge is 2.29. The molecule has 0 saturated carbocycles. The van der Waals surface area contributed by atoms with Gasteiger partial charge in [-0.25, -0.2) is 0 Å². The first-order valence-electron chi connectivity index (χ1n) is 15.6. The van der Waals surface area contributed by atoms with Crippen LogP contribution < -0.4 is 4.74 Å². The molecule has 0 aromatic heterocycles. The lowest BCUT2D eigenvalue weighted by molar-refractivity contribution is -0.906. The lowest BCUT2D eigenvalue weighted by Crippen LogP contribution is -2.45. The van der Waals surface area contributed by atoms with E-state index in [-0.39, 0.29) is 11.9 Å². The van der Waals surface area contributed by atoms with Crippen molar-refractivity contribution in [2.75, 3.05) is 20.6 Å². The molecule has 2 aromatic carbocycles. The van der Waals surface area contributed by atoms with Crippen LogP contribution in [0.25, 0.3) is 0 Å². The Morgan fingerprint density at radius 1 is 0.744 bits per heavy atom. The Balaban J connectivity index is 1.65. The Morgan fingerprint density at radius 3 is 1.87 bits per heavy atom. The van der Waals surface area contributed by atoms with Gasteiger partial charge in [-0.05, 0) is 37.0 Å². The zero-order chi connectivity index (χ0) is 28.3. The molecule has 0 bridgehead atoms. The molecule has 0 aliphatic carbocycles. The number of hydrogen-bond acceptors (Lipinski definition) is 3. The van der Waals surface area contributed by atoms with E-state index in [0.29, 0.717) is 0 Å². The van der Waals surface area contributed by atoms with E-state index in [2.05, 4.69) is 57.4 Å². The second kappa shape index (κ2) is 18.9. The maximum Gasteiger partial charge on any atom is 0.317 e. The monoisotopic (exact) mass is 538 g/mol. The summed E-state index contributed by atoms with van der Waals surface area (Å²) in [4.78, 5) is 12.9. The Kier molecular flexibility index (Phi) is 15.9. The molecule has 2 atom stereocenters. The number of ether oxygens (including phenoxy) is 2. The van der Waals surface area contributed by atoms with Gasteiger partial charge in [0.15, 0.2) is 0 Å². The molecule has 2 rings (SSSR count). The highest BCUT2D eigenvalue weighted by atomic mass is 16.7. The van der Waals surface area contributed by atoms with Crippen molar-refractivity contribution < 1.29 is 18.8 Å². The number of hydrogen-bond donors (Lipinski definition) is 0. The van der Waals surface area contributed by atoms with E-state index in [1.54, 1.807) is 6.92 Å². The van der Waals surface area contributed by atoms with Crippen LogP contribution in [-0.4, -0.2) is 37.4 Å². The molecule has 39 heavy (non-hydrogen) atoms. The van der Waals surface area contributed by atoms with Crippen LogP contribution in [0.5, 0.6) is 5.75 Å². The number of benzene rings is 2. The van der Waals surface area contributed by atoms with Gasteiger partial charge in [-0.2, -0.15) is 0 Å². The number of aryl methyl sites for hydroxylation is 1. The molecule has 2 unspecified atom stereocenters. The van der Waals surface area contributed by atoms with Gasteiger partial charge in [0.2, 0.25) is 6.29 Å². The fourth-order valence-corrected chi connectivity index (χ4v) is 5.31. The first-order valence-corrected chi connectivity index (χ1v) is 15.6. The summed E-state index contributed by atoms with van der Waals surface area (Å²) in [6.45, 7) is 7.73. The molecule has 0 saturated heterocycles. The van der Waals surface area contributed by atoms with Crippen LogP contribution in [0.3, 0.4) is 0 Å². The van der Waals surface area contributed by atoms with E-state index in [1.807, 2.05) is 25.1 Å². The summed E-state index contributed by atoms with van der Waals surface area (Å²) < 4.78 is 12.4. The number of rotatable bonds is 21. The summed E-state index contributed by atoms with van der Waals surface area (Å²) in [7, 11) is 4.34. The Labute approximate surface area is 239 Å². The number of carbonyl (C=O) groups is 1. The smallest absolute Gasteiger partial charge is 0.317 e. The van der Waals surface area contributed by atoms with Crippen LogP contribution in [-0.2, 0) is 22.5 Å². The van der Waals surface area contributed by atoms with Crippen LogP contribution in [0.2, 0.25) is 0 Å². The minimum atomic E-state index is -0.617. The topological polar surface area (TPSA) is 35.5 Å². The molecule has 218 valence electrons. The molecule has 0 aliphatic heterocycles. The first-order chi connectivity index (χ1) is 18.8. The van der Waals surface area contributed by atoms with Crippen molar-refractivity contribution in [3.05, 3.63) is 65.7 Å². The molecular formula is C35H56NO3+. The summed E-state index contributed by atoms with van der Waals surface area (Å²) in [5.41, 5.74) is 2.61. The third-order valence-corrected chi connectivity index (χ3v) is 7.57. The molecule has 0 N–H and O–H groups in total. The normalized spacial score (nSPS) is 13.2. The number of esters is 1. The van der Waals surface area contributed by atoms with Crippen LogP contribution in [0.1, 0.15) is 109 Å². The summed E-state index contributed by atoms with van der Waals surface area (Å²) in [5.74, 6) is 0.395. The van der Waals surface area contributed by atoms with Gasteiger partial charge in [-0.3, -0.25) is 4.79 Å². The third-order valence-electron chi connectivity index (χ3n) is 7.57. The molecule has 0 fully saturated rings. The summed E-state index contributed by atoms with van der Waals surface area (Å²) in [6.07, 6.45) is 16.3. The van der Waals surface area contributed by atoms with Crippen LogP contribution in [0.4, 0.5) is 0 Å². The van der Waals surface area contributed by atoms with Gasteiger partial charge in [0.1, 0.15) is 18.2 Å². The van der Waals surface area contributed by atoms with Gasteiger partial charge in [0, 0.05) is 12.5 Å². The van der Waals surface area contributed by atoms with Crippen LogP contribution in [0.15, 0.2) is 54.6 Å². The van der Waals surface area contributed by atoms with E-state index >= 15 is 0 Å². The fraction of sp³-hybridized carbons (Fsp3) is 0.629. The van der Waals surface area contributed by atoms with Crippen LogP contribution >= 0.6 is 0 Å². The van der Waals surface area contributed by atoms with Crippen LogP contribution in [0, 0.1) is 5.92 Å². The molecule has 0 spiro atoms. The summed E-state index contributed by atoms with van der Waals surface area (Å²) >= 11 is 0. The van der Waals surface area contributed by atoms with Crippen molar-refractivity contribution in [1.29, 1.82) is 0 Å². The van der Waals surface area contributed by atoms with E-state index in [4.69, 9.17) is 9.47 Å². The molecule has 0 aliphatic rings. The van der Waals surface area contributed by atoms with Gasteiger partial charge in [-0.1, -0.05) is 121 Å². The molecule has 0 heterocycles. The minimum Gasteiger partial charge on any atom is -0.455 e. The molecule has 4 heteroatoms. The number of carbonyl (C=O) groups excluding carboxylic acids is 1. The van der Waals surface area contributed by atoms with Gasteiger partial charge < -0.3 is 14.0 Å². The van der Waals surface area contributed by atoms with Crippen molar-refractivity contribution in [1.82, 2.24) is 0 Å². The Hall–Kier alpha value is -2.33. The standard InChI is InChI=1S/C35H56NO3/c1-6-8-9-10-11-12-13-14-15-16-18-21-31-24-26-34(27-25-31)38-30(3)39-35(37)33(7-2)29-36(4,5)28-32-22-19-17-20-23-32/h17,19-20,22-27,30,33H,6-16,18,21,28-29H2,1-5H3/q+1. The van der Waals surface area contributed by atoms with Crippen molar-refractivity contribution in [3.8, 4) is 5.75 Å². The predicted molar refractivity (Wildman–Crippen MR) is 164 cm³/mol.